The minimum absolute atomic E-state index is 0.000746. The van der Waals surface area contributed by atoms with Gasteiger partial charge in [-0.1, -0.05) is 0 Å². The average molecular weight is 443 g/mol. The zero-order valence-corrected chi connectivity index (χ0v) is 16.7. The lowest BCUT2D eigenvalue weighted by Gasteiger charge is -2.18. The second-order valence-electron chi connectivity index (χ2n) is 6.19. The molecule has 0 saturated carbocycles. The Hall–Kier alpha value is -3.02. The van der Waals surface area contributed by atoms with Crippen molar-refractivity contribution in [3.63, 3.8) is 0 Å². The molecule has 0 bridgehead atoms. The van der Waals surface area contributed by atoms with Crippen molar-refractivity contribution >= 4 is 40.2 Å². The molecular formula is C18H17F4N5O2S. The molecule has 12 heteroatoms. The van der Waals surface area contributed by atoms with Crippen LogP contribution in [0.4, 0.5) is 28.3 Å². The number of carbonyl (C=O) groups is 1. The van der Waals surface area contributed by atoms with Crippen LogP contribution in [0, 0.1) is 12.7 Å². The van der Waals surface area contributed by atoms with E-state index in [-0.39, 0.29) is 23.8 Å². The first-order chi connectivity index (χ1) is 14.2. The Morgan fingerprint density at radius 3 is 2.77 bits per heavy atom. The lowest BCUT2D eigenvalue weighted by molar-refractivity contribution is -0.144. The number of alkyl halides is 3. The summed E-state index contributed by atoms with van der Waals surface area (Å²) in [4.78, 5) is 20.0. The monoisotopic (exact) mass is 443 g/mol. The van der Waals surface area contributed by atoms with Crippen LogP contribution in [0.5, 0.6) is 5.75 Å². The van der Waals surface area contributed by atoms with Crippen molar-refractivity contribution in [2.24, 2.45) is 9.98 Å². The summed E-state index contributed by atoms with van der Waals surface area (Å²) < 4.78 is 61.0. The van der Waals surface area contributed by atoms with Crippen LogP contribution in [0.1, 0.15) is 23.0 Å². The van der Waals surface area contributed by atoms with Gasteiger partial charge in [-0.05, 0) is 37.5 Å². The Labute approximate surface area is 173 Å². The smallest absolute Gasteiger partial charge is 0.412 e. The van der Waals surface area contributed by atoms with Gasteiger partial charge in [-0.2, -0.15) is 17.5 Å². The van der Waals surface area contributed by atoms with Crippen LogP contribution in [-0.2, 0) is 0 Å². The predicted octanol–water partition coefficient (Wildman–Crippen LogP) is 4.07. The molecule has 160 valence electrons. The number of halogens is 4. The molecule has 0 fully saturated rings. The summed E-state index contributed by atoms with van der Waals surface area (Å²) in [6, 6.07) is 2.02. The number of amides is 1. The van der Waals surface area contributed by atoms with Crippen LogP contribution in [0.3, 0.4) is 0 Å². The fourth-order valence-corrected chi connectivity index (χ4v) is 3.37. The Bertz CT molecular complexity index is 1000. The molecule has 1 aliphatic rings. The van der Waals surface area contributed by atoms with Gasteiger partial charge in [-0.3, -0.25) is 14.8 Å². The van der Waals surface area contributed by atoms with Gasteiger partial charge >= 0.3 is 6.18 Å². The second-order valence-corrected chi connectivity index (χ2v) is 6.96. The Morgan fingerprint density at radius 1 is 1.37 bits per heavy atom. The normalized spacial score (nSPS) is 16.2. The third kappa shape index (κ3) is 4.93. The van der Waals surface area contributed by atoms with E-state index in [4.69, 9.17) is 4.74 Å². The number of hydrogen-bond acceptors (Lipinski definition) is 7. The van der Waals surface area contributed by atoms with Crippen molar-refractivity contribution in [2.45, 2.75) is 26.1 Å². The number of ether oxygens (including phenoxy) is 1. The largest absolute Gasteiger partial charge is 0.491 e. The summed E-state index contributed by atoms with van der Waals surface area (Å²) in [5, 5.41) is 5.73. The fraction of sp³-hybridized carbons (Fsp3) is 0.333. The summed E-state index contributed by atoms with van der Waals surface area (Å²) in [5.41, 5.74) is 0.913. The summed E-state index contributed by atoms with van der Waals surface area (Å²) in [5.74, 6) is -0.994. The Morgan fingerprint density at radius 2 is 2.13 bits per heavy atom. The molecule has 2 heterocycles. The lowest BCUT2D eigenvalue weighted by atomic mass is 10.2. The van der Waals surface area contributed by atoms with E-state index in [2.05, 4.69) is 25.0 Å². The molecule has 30 heavy (non-hydrogen) atoms. The van der Waals surface area contributed by atoms with E-state index < -0.39 is 30.5 Å². The summed E-state index contributed by atoms with van der Waals surface area (Å²) >= 11 is 0.957. The van der Waals surface area contributed by atoms with Crippen molar-refractivity contribution < 1.29 is 27.1 Å². The quantitative estimate of drug-likeness (QED) is 0.682. The first-order valence-corrected chi connectivity index (χ1v) is 9.57. The number of hydrogen-bond donors (Lipinski definition) is 2. The van der Waals surface area contributed by atoms with Crippen molar-refractivity contribution in [3.05, 3.63) is 35.3 Å². The summed E-state index contributed by atoms with van der Waals surface area (Å²) in [6.07, 6.45) is -3.49. The maximum atomic E-state index is 13.7. The minimum atomic E-state index is -4.47. The maximum absolute atomic E-state index is 13.7. The number of anilines is 2. The maximum Gasteiger partial charge on any atom is 0.412 e. The van der Waals surface area contributed by atoms with E-state index in [0.29, 0.717) is 16.4 Å². The molecule has 1 aliphatic heterocycles. The van der Waals surface area contributed by atoms with E-state index in [1.807, 2.05) is 0 Å². The van der Waals surface area contributed by atoms with Gasteiger partial charge in [-0.15, -0.1) is 0 Å². The van der Waals surface area contributed by atoms with Gasteiger partial charge in [0.05, 0.1) is 30.6 Å². The molecule has 7 nitrogen and oxygen atoms in total. The van der Waals surface area contributed by atoms with Crippen LogP contribution >= 0.6 is 11.5 Å². The molecule has 2 N–H and O–H groups in total. The van der Waals surface area contributed by atoms with Gasteiger partial charge in [0, 0.05) is 11.8 Å². The van der Waals surface area contributed by atoms with E-state index in [1.54, 1.807) is 13.8 Å². The van der Waals surface area contributed by atoms with Gasteiger partial charge in [0.2, 0.25) is 0 Å². The van der Waals surface area contributed by atoms with Gasteiger partial charge in [0.15, 0.2) is 17.6 Å². The number of benzene rings is 1. The van der Waals surface area contributed by atoms with Gasteiger partial charge in [-0.25, -0.2) is 4.39 Å². The van der Waals surface area contributed by atoms with Gasteiger partial charge in [0.1, 0.15) is 10.8 Å². The van der Waals surface area contributed by atoms with Gasteiger partial charge < -0.3 is 15.4 Å². The molecule has 0 spiro atoms. The van der Waals surface area contributed by atoms with Crippen molar-refractivity contribution in [2.75, 3.05) is 23.8 Å². The zero-order valence-electron chi connectivity index (χ0n) is 15.9. The molecule has 0 aliphatic carbocycles. The van der Waals surface area contributed by atoms with E-state index in [0.717, 1.165) is 17.7 Å². The average Bonchev–Trinajstić information content (AvgIpc) is 3.04. The molecule has 1 atom stereocenters. The summed E-state index contributed by atoms with van der Waals surface area (Å²) in [7, 11) is 0. The number of nitrogens with one attached hydrogen (secondary N) is 2. The highest BCUT2D eigenvalue weighted by atomic mass is 32.1. The predicted molar refractivity (Wildman–Crippen MR) is 107 cm³/mol. The van der Waals surface area contributed by atoms with Crippen molar-refractivity contribution in [1.29, 1.82) is 0 Å². The molecular weight excluding hydrogens is 426 g/mol. The molecule has 3 rings (SSSR count). The highest BCUT2D eigenvalue weighted by Crippen LogP contribution is 2.28. The van der Waals surface area contributed by atoms with Crippen molar-refractivity contribution in [1.82, 2.24) is 4.37 Å². The SMILES string of the molecule is CCOc1cc(NC(=O)c2c(C)nsc2NC2=NCC(C(F)(F)F)N=C2)ccc1F. The molecule has 0 radical (unpaired) electrons. The molecule has 1 aromatic heterocycles. The van der Waals surface area contributed by atoms with E-state index >= 15 is 0 Å². The number of carbonyl (C=O) groups excluding carboxylic acids is 1. The number of rotatable bonds is 5. The van der Waals surface area contributed by atoms with Crippen LogP contribution in [0.25, 0.3) is 0 Å². The number of nitrogens with zero attached hydrogens (tertiary/aromatic N) is 3. The third-order valence-corrected chi connectivity index (χ3v) is 4.86. The number of amidine groups is 1. The van der Waals surface area contributed by atoms with Gasteiger partial charge in [0.25, 0.3) is 5.91 Å². The summed E-state index contributed by atoms with van der Waals surface area (Å²) in [6.45, 7) is 3.03. The first-order valence-electron chi connectivity index (χ1n) is 8.80. The molecule has 1 unspecified atom stereocenters. The highest BCUT2D eigenvalue weighted by molar-refractivity contribution is 7.11. The molecule has 0 saturated heterocycles. The number of aromatic nitrogens is 1. The standard InChI is InChI=1S/C18H17F4N5O2S/c1-3-29-12-6-10(4-5-11(12)19)25-16(28)15-9(2)27-30-17(15)26-14-8-23-13(7-24-14)18(20,21)22/h4-6,8,13H,3,7H2,1-2H3,(H,24,26)(H,25,28). The van der Waals surface area contributed by atoms with Crippen molar-refractivity contribution in [3.8, 4) is 5.75 Å². The van der Waals surface area contributed by atoms with Crippen LogP contribution < -0.4 is 15.4 Å². The molecule has 1 aromatic carbocycles. The minimum Gasteiger partial charge on any atom is -0.491 e. The topological polar surface area (TPSA) is 88.0 Å². The molecule has 1 amide bonds. The van der Waals surface area contributed by atoms with E-state index in [9.17, 15) is 22.4 Å². The Kier molecular flexibility index (Phi) is 6.34. The number of aryl methyl sites for hydroxylation is 1. The van der Waals surface area contributed by atoms with Crippen LogP contribution in [0.2, 0.25) is 0 Å². The lowest BCUT2D eigenvalue weighted by Crippen LogP contribution is -2.34. The highest BCUT2D eigenvalue weighted by Gasteiger charge is 2.40. The second kappa shape index (κ2) is 8.78. The van der Waals surface area contributed by atoms with E-state index in [1.165, 1.54) is 18.2 Å². The first kappa shape index (κ1) is 21.7. The number of aliphatic imine (C=N–C) groups is 2. The zero-order chi connectivity index (χ0) is 21.9. The Balaban J connectivity index is 1.75. The third-order valence-electron chi connectivity index (χ3n) is 4.01. The van der Waals surface area contributed by atoms with Crippen LogP contribution in [0.15, 0.2) is 28.2 Å². The van der Waals surface area contributed by atoms with Crippen LogP contribution in [-0.4, -0.2) is 47.7 Å². The fourth-order valence-electron chi connectivity index (χ4n) is 2.57. The molecule has 2 aromatic rings.